The second-order valence-corrected chi connectivity index (χ2v) is 5.48. The van der Waals surface area contributed by atoms with E-state index in [0.717, 1.165) is 31.9 Å². The van der Waals surface area contributed by atoms with Gasteiger partial charge in [-0.2, -0.15) is 0 Å². The fourth-order valence-electron chi connectivity index (χ4n) is 2.47. The van der Waals surface area contributed by atoms with Crippen molar-refractivity contribution in [2.24, 2.45) is 0 Å². The number of nitrogens with zero attached hydrogens (tertiary/aromatic N) is 3. The fourth-order valence-corrected chi connectivity index (χ4v) is 2.47. The third-order valence-corrected chi connectivity index (χ3v) is 3.91. The summed E-state index contributed by atoms with van der Waals surface area (Å²) in [5, 5.41) is 11.3. The van der Waals surface area contributed by atoms with Gasteiger partial charge in [-0.25, -0.2) is 0 Å². The standard InChI is InChI=1S/C14H19N3O4/c1-15-4-6-16(7-5-15)11-2-3-14(13(8-11)17(18)19)21-12-9-20-10-12/h2-3,8,12H,4-7,9-10H2,1H3. The van der Waals surface area contributed by atoms with Gasteiger partial charge in [-0.3, -0.25) is 10.1 Å². The molecule has 0 N–H and O–H groups in total. The minimum atomic E-state index is -0.381. The van der Waals surface area contributed by atoms with Crippen LogP contribution in [0, 0.1) is 10.1 Å². The lowest BCUT2D eigenvalue weighted by atomic mass is 10.2. The molecule has 3 rings (SSSR count). The highest BCUT2D eigenvalue weighted by Crippen LogP contribution is 2.33. The van der Waals surface area contributed by atoms with Crippen LogP contribution in [0.3, 0.4) is 0 Å². The van der Waals surface area contributed by atoms with Crippen LogP contribution in [0.4, 0.5) is 11.4 Å². The molecular weight excluding hydrogens is 274 g/mol. The topological polar surface area (TPSA) is 68.1 Å². The fraction of sp³-hybridized carbons (Fsp3) is 0.571. The monoisotopic (exact) mass is 293 g/mol. The molecular formula is C14H19N3O4. The molecule has 0 radical (unpaired) electrons. The van der Waals surface area contributed by atoms with Crippen LogP contribution in [0.1, 0.15) is 0 Å². The number of benzene rings is 1. The second-order valence-electron chi connectivity index (χ2n) is 5.48. The number of hydrogen-bond acceptors (Lipinski definition) is 6. The highest BCUT2D eigenvalue weighted by molar-refractivity contribution is 5.60. The SMILES string of the molecule is CN1CCN(c2ccc(OC3COC3)c([N+](=O)[O-])c2)CC1. The van der Waals surface area contributed by atoms with Gasteiger partial charge >= 0.3 is 5.69 Å². The minimum absolute atomic E-state index is 0.0262. The molecule has 2 aliphatic rings. The zero-order valence-corrected chi connectivity index (χ0v) is 12.0. The van der Waals surface area contributed by atoms with E-state index in [4.69, 9.17) is 9.47 Å². The number of ether oxygens (including phenoxy) is 2. The molecule has 7 nitrogen and oxygen atoms in total. The summed E-state index contributed by atoms with van der Waals surface area (Å²) in [6, 6.07) is 5.21. The maximum absolute atomic E-state index is 11.3. The number of nitro groups is 1. The predicted molar refractivity (Wildman–Crippen MR) is 78.0 cm³/mol. The largest absolute Gasteiger partial charge is 0.479 e. The Labute approximate surface area is 123 Å². The van der Waals surface area contributed by atoms with Crippen LogP contribution in [-0.2, 0) is 4.74 Å². The Balaban J connectivity index is 1.79. The molecule has 0 aliphatic carbocycles. The van der Waals surface area contributed by atoms with Crippen LogP contribution in [0.25, 0.3) is 0 Å². The maximum atomic E-state index is 11.3. The molecule has 7 heteroatoms. The van der Waals surface area contributed by atoms with Crippen molar-refractivity contribution in [3.05, 3.63) is 28.3 Å². The molecule has 21 heavy (non-hydrogen) atoms. The summed E-state index contributed by atoms with van der Waals surface area (Å²) < 4.78 is 10.6. The average molecular weight is 293 g/mol. The van der Waals surface area contributed by atoms with Gasteiger partial charge in [0, 0.05) is 37.9 Å². The first-order valence-corrected chi connectivity index (χ1v) is 7.10. The third-order valence-electron chi connectivity index (χ3n) is 3.91. The molecule has 2 heterocycles. The van der Waals surface area contributed by atoms with Crippen molar-refractivity contribution in [2.45, 2.75) is 6.10 Å². The molecule has 2 fully saturated rings. The molecule has 114 valence electrons. The molecule has 0 unspecified atom stereocenters. The van der Waals surface area contributed by atoms with Crippen molar-refractivity contribution in [1.82, 2.24) is 4.90 Å². The van der Waals surface area contributed by atoms with Crippen LogP contribution in [0.2, 0.25) is 0 Å². The zero-order chi connectivity index (χ0) is 14.8. The van der Waals surface area contributed by atoms with Crippen LogP contribution < -0.4 is 9.64 Å². The van der Waals surface area contributed by atoms with Gasteiger partial charge in [0.1, 0.15) is 6.10 Å². The lowest BCUT2D eigenvalue weighted by Crippen LogP contribution is -2.44. The lowest BCUT2D eigenvalue weighted by Gasteiger charge is -2.34. The van der Waals surface area contributed by atoms with Crippen molar-refractivity contribution >= 4 is 11.4 Å². The van der Waals surface area contributed by atoms with E-state index in [9.17, 15) is 10.1 Å². The van der Waals surface area contributed by atoms with E-state index in [0.29, 0.717) is 19.0 Å². The molecule has 0 spiro atoms. The van der Waals surface area contributed by atoms with Crippen molar-refractivity contribution in [3.8, 4) is 5.75 Å². The summed E-state index contributed by atoms with van der Waals surface area (Å²) >= 11 is 0. The van der Waals surface area contributed by atoms with E-state index in [1.807, 2.05) is 6.07 Å². The molecule has 0 saturated carbocycles. The summed E-state index contributed by atoms with van der Waals surface area (Å²) in [6.07, 6.45) is -0.0711. The molecule has 0 atom stereocenters. The van der Waals surface area contributed by atoms with Crippen LogP contribution in [0.15, 0.2) is 18.2 Å². The number of piperazine rings is 1. The van der Waals surface area contributed by atoms with Crippen LogP contribution in [0.5, 0.6) is 5.75 Å². The van der Waals surface area contributed by atoms with E-state index < -0.39 is 0 Å². The van der Waals surface area contributed by atoms with Gasteiger partial charge in [0.2, 0.25) is 0 Å². The summed E-state index contributed by atoms with van der Waals surface area (Å²) in [4.78, 5) is 15.3. The van der Waals surface area contributed by atoms with E-state index in [1.54, 1.807) is 12.1 Å². The molecule has 2 saturated heterocycles. The molecule has 0 aromatic heterocycles. The van der Waals surface area contributed by atoms with Crippen molar-refractivity contribution in [3.63, 3.8) is 0 Å². The normalized spacial score (nSPS) is 20.1. The van der Waals surface area contributed by atoms with Gasteiger partial charge in [-0.15, -0.1) is 0 Å². The van der Waals surface area contributed by atoms with E-state index >= 15 is 0 Å². The Morgan fingerprint density at radius 1 is 1.29 bits per heavy atom. The molecule has 1 aromatic carbocycles. The lowest BCUT2D eigenvalue weighted by molar-refractivity contribution is -0.386. The first kappa shape index (κ1) is 14.1. The summed E-state index contributed by atoms with van der Waals surface area (Å²) in [5.74, 6) is 0.325. The van der Waals surface area contributed by atoms with Crippen LogP contribution >= 0.6 is 0 Å². The molecule has 0 bridgehead atoms. The number of rotatable bonds is 4. The summed E-state index contributed by atoms with van der Waals surface area (Å²) in [5.41, 5.74) is 0.908. The Bertz CT molecular complexity index is 525. The van der Waals surface area contributed by atoms with Gasteiger partial charge in [-0.1, -0.05) is 0 Å². The van der Waals surface area contributed by atoms with Gasteiger partial charge in [0.15, 0.2) is 5.75 Å². The zero-order valence-electron chi connectivity index (χ0n) is 12.0. The average Bonchev–Trinajstić information content (AvgIpc) is 2.43. The van der Waals surface area contributed by atoms with Gasteiger partial charge < -0.3 is 19.3 Å². The predicted octanol–water partition coefficient (Wildman–Crippen LogP) is 1.12. The molecule has 0 amide bonds. The summed E-state index contributed by atoms with van der Waals surface area (Å²) in [7, 11) is 2.08. The quantitative estimate of drug-likeness (QED) is 0.612. The number of nitro benzene ring substituents is 1. The molecule has 2 aliphatic heterocycles. The number of anilines is 1. The Hall–Kier alpha value is -1.86. The van der Waals surface area contributed by atoms with E-state index in [1.165, 1.54) is 0 Å². The van der Waals surface area contributed by atoms with Crippen molar-refractivity contribution in [2.75, 3.05) is 51.3 Å². The minimum Gasteiger partial charge on any atom is -0.479 e. The summed E-state index contributed by atoms with van der Waals surface area (Å²) in [6.45, 7) is 4.68. The highest BCUT2D eigenvalue weighted by atomic mass is 16.6. The van der Waals surface area contributed by atoms with Gasteiger partial charge in [0.05, 0.1) is 18.1 Å². The van der Waals surface area contributed by atoms with Gasteiger partial charge in [0.25, 0.3) is 0 Å². The Morgan fingerprint density at radius 3 is 2.57 bits per heavy atom. The van der Waals surface area contributed by atoms with E-state index in [-0.39, 0.29) is 16.7 Å². The highest BCUT2D eigenvalue weighted by Gasteiger charge is 2.26. The number of hydrogen-bond donors (Lipinski definition) is 0. The van der Waals surface area contributed by atoms with E-state index in [2.05, 4.69) is 16.8 Å². The Morgan fingerprint density at radius 2 is 2.00 bits per heavy atom. The smallest absolute Gasteiger partial charge is 0.312 e. The van der Waals surface area contributed by atoms with Gasteiger partial charge in [-0.05, 0) is 19.2 Å². The maximum Gasteiger partial charge on any atom is 0.312 e. The molecule has 1 aromatic rings. The third kappa shape index (κ3) is 3.08. The first-order chi connectivity index (χ1) is 10.1. The van der Waals surface area contributed by atoms with Crippen molar-refractivity contribution in [1.29, 1.82) is 0 Å². The first-order valence-electron chi connectivity index (χ1n) is 7.10. The second kappa shape index (κ2) is 5.87. The van der Waals surface area contributed by atoms with Crippen molar-refractivity contribution < 1.29 is 14.4 Å². The number of likely N-dealkylation sites (N-methyl/N-ethyl adjacent to an activating group) is 1. The van der Waals surface area contributed by atoms with Crippen LogP contribution in [-0.4, -0.2) is 62.4 Å². The Kier molecular flexibility index (Phi) is 3.94.